The number of fused-ring (bicyclic) bond motifs is 6. The van der Waals surface area contributed by atoms with Crippen LogP contribution in [0.1, 0.15) is 61.2 Å². The Hall–Kier alpha value is -9.13. The van der Waals surface area contributed by atoms with Crippen molar-refractivity contribution in [3.63, 3.8) is 0 Å². The second kappa shape index (κ2) is 19.1. The van der Waals surface area contributed by atoms with Crippen molar-refractivity contribution < 1.29 is 26.3 Å². The number of hydrogen-bond acceptors (Lipinski definition) is 1. The van der Waals surface area contributed by atoms with Gasteiger partial charge in [0.15, 0.2) is 0 Å². The third-order valence-corrected chi connectivity index (χ3v) is 15.4. The summed E-state index contributed by atoms with van der Waals surface area (Å²) in [5, 5.41) is 15.0. The first-order valence-corrected chi connectivity index (χ1v) is 26.5. The van der Waals surface area contributed by atoms with Crippen LogP contribution in [-0.2, 0) is 12.4 Å². The van der Waals surface area contributed by atoms with Crippen molar-refractivity contribution in [2.45, 2.75) is 67.7 Å². The molecule has 2 aromatic heterocycles. The predicted molar refractivity (Wildman–Crippen MR) is 315 cm³/mol. The molecule has 12 rings (SSSR count). The van der Waals surface area contributed by atoms with Gasteiger partial charge in [-0.05, 0) is 160 Å². The van der Waals surface area contributed by atoms with E-state index in [0.717, 1.165) is 123 Å². The number of rotatable bonds is 7. The summed E-state index contributed by atoms with van der Waals surface area (Å²) in [4.78, 5) is 0. The number of aromatic nitrogens is 2. The molecule has 9 heteroatoms. The lowest BCUT2D eigenvalue weighted by Gasteiger charge is -2.21. The quantitative estimate of drug-likeness (QED) is 0.146. The van der Waals surface area contributed by atoms with Gasteiger partial charge in [0.2, 0.25) is 0 Å². The van der Waals surface area contributed by atoms with Crippen molar-refractivity contribution in [3.8, 4) is 73.1 Å². The van der Waals surface area contributed by atoms with Gasteiger partial charge in [-0.25, -0.2) is 0 Å². The second-order valence-electron chi connectivity index (χ2n) is 21.9. The molecule has 12 aromatic rings. The molecule has 394 valence electrons. The average Bonchev–Trinajstić information content (AvgIpc) is 4.08. The third kappa shape index (κ3) is 9.28. The number of aryl methyl sites for hydroxylation is 8. The van der Waals surface area contributed by atoms with Crippen molar-refractivity contribution in [2.24, 2.45) is 0 Å². The summed E-state index contributed by atoms with van der Waals surface area (Å²) >= 11 is 0. The van der Waals surface area contributed by atoms with Gasteiger partial charge in [0.05, 0.1) is 50.1 Å². The van der Waals surface area contributed by atoms with E-state index < -0.39 is 23.5 Å². The largest absolute Gasteiger partial charge is 0.416 e. The van der Waals surface area contributed by atoms with Gasteiger partial charge in [-0.2, -0.15) is 31.6 Å². The summed E-state index contributed by atoms with van der Waals surface area (Å²) in [5.74, 6) is 0. The molecule has 3 nitrogen and oxygen atoms in total. The highest BCUT2D eigenvalue weighted by atomic mass is 19.4. The molecule has 0 aliphatic heterocycles. The maximum atomic E-state index is 15.2. The minimum atomic E-state index is -5.15. The fourth-order valence-electron chi connectivity index (χ4n) is 12.2. The Morgan fingerprint density at radius 1 is 0.300 bits per heavy atom. The Morgan fingerprint density at radius 2 is 0.588 bits per heavy atom. The Labute approximate surface area is 460 Å². The van der Waals surface area contributed by atoms with Gasteiger partial charge in [0.1, 0.15) is 6.07 Å². The summed E-state index contributed by atoms with van der Waals surface area (Å²) in [5.41, 5.74) is 15.9. The van der Waals surface area contributed by atoms with E-state index in [1.807, 2.05) is 113 Å². The molecular weight excluding hydrogens is 1010 g/mol. The van der Waals surface area contributed by atoms with E-state index in [1.54, 1.807) is 12.1 Å². The first-order valence-electron chi connectivity index (χ1n) is 26.5. The molecular formula is C71H53F6N3. The average molecular weight is 1060 g/mol. The zero-order chi connectivity index (χ0) is 56.3. The Bertz CT molecular complexity index is 4280. The van der Waals surface area contributed by atoms with Crippen molar-refractivity contribution in [1.82, 2.24) is 9.13 Å². The van der Waals surface area contributed by atoms with Crippen molar-refractivity contribution >= 4 is 43.6 Å². The minimum absolute atomic E-state index is 0.0499. The fourth-order valence-corrected chi connectivity index (χ4v) is 12.2. The van der Waals surface area contributed by atoms with Gasteiger partial charge in [-0.1, -0.05) is 166 Å². The number of benzene rings is 10. The topological polar surface area (TPSA) is 33.6 Å². The normalized spacial score (nSPS) is 12.1. The van der Waals surface area contributed by atoms with E-state index in [0.29, 0.717) is 22.1 Å². The maximum absolute atomic E-state index is 15.2. The van der Waals surface area contributed by atoms with Crippen LogP contribution < -0.4 is 0 Å². The summed E-state index contributed by atoms with van der Waals surface area (Å²) in [6.45, 7) is 16.2. The van der Waals surface area contributed by atoms with Crippen molar-refractivity contribution in [2.75, 3.05) is 0 Å². The lowest BCUT2D eigenvalue weighted by Crippen LogP contribution is -2.11. The SMILES string of the molecule is Cc1cc(C)cc(-c2ccc3c4ccc(-c5cc(C)cc(C)c5)cc4n(-c4cc(-c5cc(C(F)(F)F)cc(C(F)(F)F)c5)c(-n5c6cc(-c7cc(C)cc(C)c7)ccc6c6ccc(-c7cc(C)cc(C)c7)cc65)cc4C#N)c3c2)c1. The van der Waals surface area contributed by atoms with Crippen LogP contribution in [0.3, 0.4) is 0 Å². The van der Waals surface area contributed by atoms with Gasteiger partial charge in [-0.15, -0.1) is 0 Å². The van der Waals surface area contributed by atoms with Gasteiger partial charge in [-0.3, -0.25) is 0 Å². The van der Waals surface area contributed by atoms with Crippen LogP contribution in [0.2, 0.25) is 0 Å². The molecule has 0 unspecified atom stereocenters. The molecule has 0 aliphatic rings. The highest BCUT2D eigenvalue weighted by Crippen LogP contribution is 2.46. The lowest BCUT2D eigenvalue weighted by molar-refractivity contribution is -0.143. The molecule has 10 aromatic carbocycles. The number of nitrogens with zero attached hydrogens (tertiary/aromatic N) is 3. The van der Waals surface area contributed by atoms with Gasteiger partial charge in [0.25, 0.3) is 0 Å². The summed E-state index contributed by atoms with van der Waals surface area (Å²) in [7, 11) is 0. The van der Waals surface area contributed by atoms with Crippen LogP contribution in [0, 0.1) is 66.7 Å². The Balaban J connectivity index is 1.25. The van der Waals surface area contributed by atoms with Crippen molar-refractivity contribution in [3.05, 3.63) is 237 Å². The van der Waals surface area contributed by atoms with Crippen molar-refractivity contribution in [1.29, 1.82) is 5.26 Å². The minimum Gasteiger partial charge on any atom is -0.309 e. The molecule has 2 heterocycles. The van der Waals surface area contributed by atoms with Gasteiger partial charge < -0.3 is 9.13 Å². The maximum Gasteiger partial charge on any atom is 0.416 e. The Morgan fingerprint density at radius 3 is 0.863 bits per heavy atom. The molecule has 0 N–H and O–H groups in total. The number of hydrogen-bond donors (Lipinski definition) is 0. The molecule has 0 amide bonds. The zero-order valence-electron chi connectivity index (χ0n) is 45.4. The predicted octanol–water partition coefficient (Wildman–Crippen LogP) is 20.6. The molecule has 0 radical (unpaired) electrons. The first kappa shape index (κ1) is 51.6. The molecule has 0 aliphatic carbocycles. The van der Waals surface area contributed by atoms with Crippen LogP contribution in [0.4, 0.5) is 26.3 Å². The van der Waals surface area contributed by atoms with E-state index in [2.05, 4.69) is 103 Å². The molecule has 0 spiro atoms. The molecule has 0 saturated heterocycles. The zero-order valence-corrected chi connectivity index (χ0v) is 45.4. The number of halogens is 6. The van der Waals surface area contributed by atoms with Crippen LogP contribution in [0.15, 0.2) is 176 Å². The number of nitriles is 1. The molecule has 0 fully saturated rings. The van der Waals surface area contributed by atoms with E-state index in [4.69, 9.17) is 0 Å². The summed E-state index contributed by atoms with van der Waals surface area (Å²) < 4.78 is 94.9. The molecule has 80 heavy (non-hydrogen) atoms. The Kier molecular flexibility index (Phi) is 12.3. The van der Waals surface area contributed by atoms with Crippen LogP contribution in [-0.4, -0.2) is 9.13 Å². The van der Waals surface area contributed by atoms with Crippen LogP contribution in [0.5, 0.6) is 0 Å². The summed E-state index contributed by atoms with van der Waals surface area (Å²) in [6, 6.07) is 57.0. The smallest absolute Gasteiger partial charge is 0.309 e. The van der Waals surface area contributed by atoms with Crippen LogP contribution >= 0.6 is 0 Å². The number of alkyl halides is 6. The highest BCUT2D eigenvalue weighted by Gasteiger charge is 2.38. The van der Waals surface area contributed by atoms with Gasteiger partial charge in [0, 0.05) is 27.1 Å². The van der Waals surface area contributed by atoms with E-state index in [-0.39, 0.29) is 34.1 Å². The van der Waals surface area contributed by atoms with E-state index in [1.165, 1.54) is 0 Å². The standard InChI is InChI=1S/C71H53F6N3/c1-39-17-40(2)22-51(21-39)47-9-13-59-60-14-10-48(52-23-41(3)18-42(4)24-52)32-66(60)79(65(59)31-47)64-37-63(55-29-57(70(72,73)74)36-58(30-55)71(75,76)77)69(35-56(64)38-78)80-67-33-49(53-25-43(5)19-44(6)26-53)11-15-61(67)62-16-12-50(34-68(62)80)54-27-45(7)20-46(8)28-54/h9-37H,1-8H3. The van der Waals surface area contributed by atoms with Gasteiger partial charge >= 0.3 is 12.4 Å². The van der Waals surface area contributed by atoms with E-state index in [9.17, 15) is 5.26 Å². The third-order valence-electron chi connectivity index (χ3n) is 15.4. The first-order chi connectivity index (χ1) is 38.1. The highest BCUT2D eigenvalue weighted by molar-refractivity contribution is 6.13. The van der Waals surface area contributed by atoms with Crippen LogP contribution in [0.25, 0.3) is 111 Å². The molecule has 0 bridgehead atoms. The molecule has 0 atom stereocenters. The second-order valence-corrected chi connectivity index (χ2v) is 21.9. The lowest BCUT2D eigenvalue weighted by atomic mass is 9.95. The fraction of sp³-hybridized carbons (Fsp3) is 0.141. The van der Waals surface area contributed by atoms with E-state index >= 15 is 26.3 Å². The molecule has 0 saturated carbocycles. The summed E-state index contributed by atoms with van der Waals surface area (Å²) in [6.07, 6.45) is -10.3. The monoisotopic (exact) mass is 1060 g/mol.